The Labute approximate surface area is 174 Å². The van der Waals surface area contributed by atoms with Crippen LogP contribution in [0.1, 0.15) is 17.3 Å². The molecule has 4 nitrogen and oxygen atoms in total. The van der Waals surface area contributed by atoms with E-state index in [1.54, 1.807) is 24.3 Å². The number of ether oxygens (including phenoxy) is 2. The maximum Gasteiger partial charge on any atom is 0.352 e. The van der Waals surface area contributed by atoms with Crippen LogP contribution < -0.4 is 4.74 Å². The van der Waals surface area contributed by atoms with E-state index in [1.165, 1.54) is 6.92 Å². The molecule has 0 spiro atoms. The first-order chi connectivity index (χ1) is 14.6. The Bertz CT molecular complexity index is 1180. The summed E-state index contributed by atoms with van der Waals surface area (Å²) < 4.78 is 10.7. The number of benzene rings is 4. The van der Waals surface area contributed by atoms with Crippen LogP contribution in [0, 0.1) is 0 Å². The highest BCUT2D eigenvalue weighted by Gasteiger charge is 2.21. The van der Waals surface area contributed by atoms with Crippen molar-refractivity contribution in [3.05, 3.63) is 103 Å². The van der Waals surface area contributed by atoms with Gasteiger partial charge in [-0.15, -0.1) is 0 Å². The summed E-state index contributed by atoms with van der Waals surface area (Å²) >= 11 is 0. The summed E-state index contributed by atoms with van der Waals surface area (Å²) in [5, 5.41) is 2.02. The summed E-state index contributed by atoms with van der Waals surface area (Å²) in [7, 11) is 0. The van der Waals surface area contributed by atoms with Crippen LogP contribution in [0.3, 0.4) is 0 Å². The molecule has 4 rings (SSSR count). The van der Waals surface area contributed by atoms with Gasteiger partial charge in [0.15, 0.2) is 6.10 Å². The molecular weight excluding hydrogens is 376 g/mol. The number of rotatable bonds is 5. The number of carbonyl (C=O) groups excluding carboxylic acids is 2. The molecule has 4 aromatic carbocycles. The van der Waals surface area contributed by atoms with Gasteiger partial charge in [0, 0.05) is 0 Å². The molecule has 0 aliphatic carbocycles. The summed E-state index contributed by atoms with van der Waals surface area (Å²) in [6, 6.07) is 30.1. The molecular formula is C26H20O4. The van der Waals surface area contributed by atoms with Crippen LogP contribution in [-0.4, -0.2) is 18.0 Å². The van der Waals surface area contributed by atoms with Crippen LogP contribution >= 0.6 is 0 Å². The number of hydrogen-bond donors (Lipinski definition) is 0. The molecule has 0 amide bonds. The van der Waals surface area contributed by atoms with E-state index in [4.69, 9.17) is 9.47 Å². The first-order valence-electron chi connectivity index (χ1n) is 9.67. The molecule has 0 saturated heterocycles. The monoisotopic (exact) mass is 396 g/mol. The third-order valence-corrected chi connectivity index (χ3v) is 4.78. The SMILES string of the molecule is CC(OC(=O)c1ccc(-c2ccccc2)cc1)C(=O)Oc1ccc2ccccc2c1. The highest BCUT2D eigenvalue weighted by molar-refractivity contribution is 5.92. The Morgan fingerprint density at radius 2 is 1.33 bits per heavy atom. The minimum atomic E-state index is -1.03. The highest BCUT2D eigenvalue weighted by Crippen LogP contribution is 2.22. The third-order valence-electron chi connectivity index (χ3n) is 4.78. The van der Waals surface area contributed by atoms with Gasteiger partial charge in [0.25, 0.3) is 0 Å². The van der Waals surface area contributed by atoms with Crippen molar-refractivity contribution in [3.63, 3.8) is 0 Å². The van der Waals surface area contributed by atoms with Gasteiger partial charge in [0.05, 0.1) is 5.56 Å². The Morgan fingerprint density at radius 1 is 0.700 bits per heavy atom. The lowest BCUT2D eigenvalue weighted by molar-refractivity contribution is -0.143. The van der Waals surface area contributed by atoms with Gasteiger partial charge in [0.1, 0.15) is 5.75 Å². The lowest BCUT2D eigenvalue weighted by Gasteiger charge is -2.13. The standard InChI is InChI=1S/C26H20O4/c1-18(25(27)30-24-16-15-20-9-5-6-10-23(20)17-24)29-26(28)22-13-11-21(12-14-22)19-7-3-2-4-8-19/h2-18H,1H3. The summed E-state index contributed by atoms with van der Waals surface area (Å²) in [5.41, 5.74) is 2.43. The fourth-order valence-electron chi connectivity index (χ4n) is 3.14. The molecule has 0 N–H and O–H groups in total. The molecule has 0 bridgehead atoms. The molecule has 1 unspecified atom stereocenters. The fourth-order valence-corrected chi connectivity index (χ4v) is 3.14. The van der Waals surface area contributed by atoms with E-state index in [0.29, 0.717) is 11.3 Å². The predicted octanol–water partition coefficient (Wildman–Crippen LogP) is 5.66. The van der Waals surface area contributed by atoms with Crippen LogP contribution in [0.15, 0.2) is 97.1 Å². The smallest absolute Gasteiger partial charge is 0.352 e. The van der Waals surface area contributed by atoms with Crippen LogP contribution in [0.2, 0.25) is 0 Å². The van der Waals surface area contributed by atoms with Crippen molar-refractivity contribution in [2.45, 2.75) is 13.0 Å². The van der Waals surface area contributed by atoms with E-state index in [-0.39, 0.29) is 0 Å². The average Bonchev–Trinajstić information content (AvgIpc) is 2.79. The number of carbonyl (C=O) groups is 2. The fraction of sp³-hybridized carbons (Fsp3) is 0.0769. The van der Waals surface area contributed by atoms with Gasteiger partial charge in [-0.2, -0.15) is 0 Å². The molecule has 1 atom stereocenters. The Balaban J connectivity index is 1.39. The predicted molar refractivity (Wildman–Crippen MR) is 116 cm³/mol. The molecule has 0 aromatic heterocycles. The molecule has 0 aliphatic rings. The van der Waals surface area contributed by atoms with Crippen LogP contribution in [0.25, 0.3) is 21.9 Å². The third kappa shape index (κ3) is 4.39. The minimum absolute atomic E-state index is 0.375. The second kappa shape index (κ2) is 8.62. The van der Waals surface area contributed by atoms with E-state index in [0.717, 1.165) is 21.9 Å². The Morgan fingerprint density at radius 3 is 2.07 bits per heavy atom. The summed E-state index contributed by atoms with van der Waals surface area (Å²) in [6.45, 7) is 1.50. The summed E-state index contributed by atoms with van der Waals surface area (Å²) in [5.74, 6) is -0.786. The average molecular weight is 396 g/mol. The van der Waals surface area contributed by atoms with Crippen molar-refractivity contribution < 1.29 is 19.1 Å². The molecule has 30 heavy (non-hydrogen) atoms. The molecule has 4 heteroatoms. The van der Waals surface area contributed by atoms with E-state index in [1.807, 2.05) is 72.8 Å². The second-order valence-corrected chi connectivity index (χ2v) is 6.92. The molecule has 0 fully saturated rings. The van der Waals surface area contributed by atoms with Gasteiger partial charge in [0.2, 0.25) is 0 Å². The van der Waals surface area contributed by atoms with Gasteiger partial charge in [-0.1, -0.05) is 72.8 Å². The zero-order chi connectivity index (χ0) is 20.9. The zero-order valence-electron chi connectivity index (χ0n) is 16.4. The lowest BCUT2D eigenvalue weighted by atomic mass is 10.0. The Hall–Kier alpha value is -3.92. The molecule has 148 valence electrons. The van der Waals surface area contributed by atoms with Crippen LogP contribution in [0.5, 0.6) is 5.75 Å². The second-order valence-electron chi connectivity index (χ2n) is 6.92. The van der Waals surface area contributed by atoms with Gasteiger partial charge in [-0.05, 0) is 53.1 Å². The normalized spacial score (nSPS) is 11.6. The van der Waals surface area contributed by atoms with Gasteiger partial charge in [-0.3, -0.25) is 0 Å². The van der Waals surface area contributed by atoms with Gasteiger partial charge >= 0.3 is 11.9 Å². The van der Waals surface area contributed by atoms with E-state index in [2.05, 4.69) is 0 Å². The molecule has 0 saturated carbocycles. The van der Waals surface area contributed by atoms with E-state index in [9.17, 15) is 9.59 Å². The van der Waals surface area contributed by atoms with Crippen molar-refractivity contribution in [2.75, 3.05) is 0 Å². The van der Waals surface area contributed by atoms with Gasteiger partial charge in [-0.25, -0.2) is 9.59 Å². The first-order valence-corrected chi connectivity index (χ1v) is 9.67. The van der Waals surface area contributed by atoms with Crippen LogP contribution in [0.4, 0.5) is 0 Å². The molecule has 0 heterocycles. The maximum atomic E-state index is 12.4. The summed E-state index contributed by atoms with van der Waals surface area (Å²) in [4.78, 5) is 24.8. The molecule has 4 aromatic rings. The first kappa shape index (κ1) is 19.4. The van der Waals surface area contributed by atoms with Crippen molar-refractivity contribution in [2.24, 2.45) is 0 Å². The minimum Gasteiger partial charge on any atom is -0.447 e. The maximum absolute atomic E-state index is 12.4. The quantitative estimate of drug-likeness (QED) is 0.323. The van der Waals surface area contributed by atoms with Crippen molar-refractivity contribution in [1.29, 1.82) is 0 Å². The van der Waals surface area contributed by atoms with E-state index < -0.39 is 18.0 Å². The van der Waals surface area contributed by atoms with Crippen LogP contribution in [-0.2, 0) is 9.53 Å². The largest absolute Gasteiger partial charge is 0.447 e. The van der Waals surface area contributed by atoms with Crippen molar-refractivity contribution >= 4 is 22.7 Å². The topological polar surface area (TPSA) is 52.6 Å². The highest BCUT2D eigenvalue weighted by atomic mass is 16.6. The zero-order valence-corrected chi connectivity index (χ0v) is 16.4. The molecule has 0 radical (unpaired) electrons. The van der Waals surface area contributed by atoms with E-state index >= 15 is 0 Å². The molecule has 0 aliphatic heterocycles. The number of esters is 2. The number of fused-ring (bicyclic) bond motifs is 1. The summed E-state index contributed by atoms with van der Waals surface area (Å²) in [6.07, 6.45) is -1.03. The number of hydrogen-bond acceptors (Lipinski definition) is 4. The Kier molecular flexibility index (Phi) is 5.57. The lowest BCUT2D eigenvalue weighted by Crippen LogP contribution is -2.28. The van der Waals surface area contributed by atoms with Crippen molar-refractivity contribution in [1.82, 2.24) is 0 Å². The van der Waals surface area contributed by atoms with Crippen molar-refractivity contribution in [3.8, 4) is 16.9 Å². The van der Waals surface area contributed by atoms with Gasteiger partial charge < -0.3 is 9.47 Å².